The fourth-order valence-corrected chi connectivity index (χ4v) is 2.10. The molecule has 2 rings (SSSR count). The normalized spacial score (nSPS) is 18.5. The summed E-state index contributed by atoms with van der Waals surface area (Å²) in [6, 6.07) is 3.56. The maximum atomic E-state index is 11.2. The minimum absolute atomic E-state index is 0.0524. The molecule has 1 fully saturated rings. The molecule has 1 atom stereocenters. The highest BCUT2D eigenvalue weighted by Crippen LogP contribution is 2.33. The zero-order valence-electron chi connectivity index (χ0n) is 10.2. The molecule has 0 radical (unpaired) electrons. The van der Waals surface area contributed by atoms with Gasteiger partial charge in [-0.2, -0.15) is 0 Å². The Morgan fingerprint density at radius 3 is 2.59 bits per heavy atom. The van der Waals surface area contributed by atoms with Gasteiger partial charge in [0.1, 0.15) is 11.5 Å². The van der Waals surface area contributed by atoms with Gasteiger partial charge in [-0.3, -0.25) is 0 Å². The van der Waals surface area contributed by atoms with Crippen LogP contribution in [-0.2, 0) is 0 Å². The van der Waals surface area contributed by atoms with Crippen molar-refractivity contribution in [3.8, 4) is 11.5 Å². The number of methoxy groups -OCH3 is 2. The van der Waals surface area contributed by atoms with Crippen molar-refractivity contribution in [2.75, 3.05) is 20.8 Å². The zero-order chi connectivity index (χ0) is 12.4. The van der Waals surface area contributed by atoms with E-state index in [-0.39, 0.29) is 12.1 Å². The molecule has 1 aliphatic heterocycles. The monoisotopic (exact) mass is 236 g/mol. The SMILES string of the molecule is COc1cc(C)c(C2CNC(=O)N2)c(OC)c1. The van der Waals surface area contributed by atoms with E-state index in [2.05, 4.69) is 10.6 Å². The molecule has 0 saturated carbocycles. The van der Waals surface area contributed by atoms with Gasteiger partial charge in [-0.05, 0) is 18.6 Å². The van der Waals surface area contributed by atoms with Gasteiger partial charge in [0, 0.05) is 18.2 Å². The first kappa shape index (κ1) is 11.6. The summed E-state index contributed by atoms with van der Waals surface area (Å²) in [7, 11) is 3.23. The minimum Gasteiger partial charge on any atom is -0.497 e. The lowest BCUT2D eigenvalue weighted by atomic mass is 10.00. The second kappa shape index (κ2) is 4.53. The summed E-state index contributed by atoms with van der Waals surface area (Å²) in [5.41, 5.74) is 2.03. The van der Waals surface area contributed by atoms with E-state index in [1.54, 1.807) is 14.2 Å². The predicted octanol–water partition coefficient (Wildman–Crippen LogP) is 1.37. The van der Waals surface area contributed by atoms with Crippen LogP contribution < -0.4 is 20.1 Å². The van der Waals surface area contributed by atoms with Crippen LogP contribution in [0.15, 0.2) is 12.1 Å². The van der Waals surface area contributed by atoms with Gasteiger partial charge in [0.05, 0.1) is 20.3 Å². The van der Waals surface area contributed by atoms with Crippen molar-refractivity contribution in [1.29, 1.82) is 0 Å². The Balaban J connectivity index is 2.41. The fourth-order valence-electron chi connectivity index (χ4n) is 2.10. The Morgan fingerprint density at radius 2 is 2.06 bits per heavy atom. The number of carbonyl (C=O) groups excluding carboxylic acids is 1. The fraction of sp³-hybridized carbons (Fsp3) is 0.417. The Labute approximate surface area is 100 Å². The molecule has 5 heteroatoms. The molecular formula is C12H16N2O3. The highest BCUT2D eigenvalue weighted by Gasteiger charge is 2.26. The van der Waals surface area contributed by atoms with Gasteiger partial charge in [0.25, 0.3) is 0 Å². The molecule has 0 bridgehead atoms. The van der Waals surface area contributed by atoms with Crippen molar-refractivity contribution in [2.45, 2.75) is 13.0 Å². The number of benzene rings is 1. The molecule has 1 unspecified atom stereocenters. The van der Waals surface area contributed by atoms with E-state index in [4.69, 9.17) is 9.47 Å². The number of ether oxygens (including phenoxy) is 2. The zero-order valence-corrected chi connectivity index (χ0v) is 10.2. The summed E-state index contributed by atoms with van der Waals surface area (Å²) >= 11 is 0. The van der Waals surface area contributed by atoms with Gasteiger partial charge in [-0.1, -0.05) is 0 Å². The van der Waals surface area contributed by atoms with E-state index < -0.39 is 0 Å². The molecule has 2 N–H and O–H groups in total. The molecule has 5 nitrogen and oxygen atoms in total. The van der Waals surface area contributed by atoms with Crippen LogP contribution in [0.1, 0.15) is 17.2 Å². The van der Waals surface area contributed by atoms with E-state index >= 15 is 0 Å². The minimum atomic E-state index is -0.146. The topological polar surface area (TPSA) is 59.6 Å². The summed E-state index contributed by atoms with van der Waals surface area (Å²) in [5.74, 6) is 1.48. The van der Waals surface area contributed by atoms with Crippen LogP contribution >= 0.6 is 0 Å². The predicted molar refractivity (Wildman–Crippen MR) is 63.6 cm³/mol. The molecule has 2 amide bonds. The second-order valence-corrected chi connectivity index (χ2v) is 3.97. The number of hydrogen-bond acceptors (Lipinski definition) is 3. The van der Waals surface area contributed by atoms with E-state index in [0.717, 1.165) is 22.6 Å². The van der Waals surface area contributed by atoms with Crippen molar-refractivity contribution in [3.05, 3.63) is 23.3 Å². The molecular weight excluding hydrogens is 220 g/mol. The standard InChI is InChI=1S/C12H16N2O3/c1-7-4-8(16-2)5-10(17-3)11(7)9-6-13-12(15)14-9/h4-5,9H,6H2,1-3H3,(H2,13,14,15). The summed E-state index contributed by atoms with van der Waals surface area (Å²) < 4.78 is 10.6. The first-order valence-electron chi connectivity index (χ1n) is 5.42. The molecule has 1 aliphatic rings. The maximum Gasteiger partial charge on any atom is 0.315 e. The van der Waals surface area contributed by atoms with Gasteiger partial charge in [0.2, 0.25) is 0 Å². The summed E-state index contributed by atoms with van der Waals surface area (Å²) in [6.07, 6.45) is 0. The van der Waals surface area contributed by atoms with E-state index in [9.17, 15) is 4.79 Å². The van der Waals surface area contributed by atoms with Crippen LogP contribution in [0.4, 0.5) is 4.79 Å². The van der Waals surface area contributed by atoms with Gasteiger partial charge >= 0.3 is 6.03 Å². The number of urea groups is 1. The molecule has 1 aromatic rings. The van der Waals surface area contributed by atoms with Crippen LogP contribution in [0, 0.1) is 6.92 Å². The van der Waals surface area contributed by atoms with Gasteiger partial charge in [-0.15, -0.1) is 0 Å². The molecule has 0 aliphatic carbocycles. The van der Waals surface area contributed by atoms with Crippen molar-refractivity contribution < 1.29 is 14.3 Å². The molecule has 92 valence electrons. The van der Waals surface area contributed by atoms with Gasteiger partial charge in [0.15, 0.2) is 0 Å². The Bertz CT molecular complexity index is 446. The number of rotatable bonds is 3. The van der Waals surface area contributed by atoms with E-state index in [0.29, 0.717) is 6.54 Å². The highest BCUT2D eigenvalue weighted by atomic mass is 16.5. The highest BCUT2D eigenvalue weighted by molar-refractivity contribution is 5.77. The summed E-state index contributed by atoms with van der Waals surface area (Å²) in [5, 5.41) is 5.59. The lowest BCUT2D eigenvalue weighted by molar-refractivity contribution is 0.247. The summed E-state index contributed by atoms with van der Waals surface area (Å²) in [6.45, 7) is 2.55. The number of hydrogen-bond donors (Lipinski definition) is 2. The molecule has 1 aromatic carbocycles. The average molecular weight is 236 g/mol. The van der Waals surface area contributed by atoms with Crippen LogP contribution in [0.25, 0.3) is 0 Å². The van der Waals surface area contributed by atoms with Crippen LogP contribution in [0.3, 0.4) is 0 Å². The van der Waals surface area contributed by atoms with Crippen molar-refractivity contribution >= 4 is 6.03 Å². The summed E-state index contributed by atoms with van der Waals surface area (Å²) in [4.78, 5) is 11.2. The lowest BCUT2D eigenvalue weighted by Crippen LogP contribution is -2.22. The molecule has 1 saturated heterocycles. The molecule has 1 heterocycles. The smallest absolute Gasteiger partial charge is 0.315 e. The van der Waals surface area contributed by atoms with Crippen molar-refractivity contribution in [2.24, 2.45) is 0 Å². The van der Waals surface area contributed by atoms with Crippen LogP contribution in [0.5, 0.6) is 11.5 Å². The number of nitrogens with one attached hydrogen (secondary N) is 2. The Kier molecular flexibility index (Phi) is 3.08. The van der Waals surface area contributed by atoms with Gasteiger partial charge in [-0.25, -0.2) is 4.79 Å². The van der Waals surface area contributed by atoms with E-state index in [1.165, 1.54) is 0 Å². The number of carbonyl (C=O) groups is 1. The third-order valence-corrected chi connectivity index (χ3v) is 2.90. The Morgan fingerprint density at radius 1 is 1.29 bits per heavy atom. The molecule has 17 heavy (non-hydrogen) atoms. The van der Waals surface area contributed by atoms with Crippen molar-refractivity contribution in [3.63, 3.8) is 0 Å². The first-order chi connectivity index (χ1) is 8.15. The van der Waals surface area contributed by atoms with Crippen molar-refractivity contribution in [1.82, 2.24) is 10.6 Å². The van der Waals surface area contributed by atoms with Gasteiger partial charge < -0.3 is 20.1 Å². The Hall–Kier alpha value is -1.91. The lowest BCUT2D eigenvalue weighted by Gasteiger charge is -2.17. The quantitative estimate of drug-likeness (QED) is 0.833. The molecule has 0 spiro atoms. The first-order valence-corrected chi connectivity index (χ1v) is 5.42. The van der Waals surface area contributed by atoms with E-state index in [1.807, 2.05) is 19.1 Å². The second-order valence-electron chi connectivity index (χ2n) is 3.97. The maximum absolute atomic E-state index is 11.2. The van der Waals surface area contributed by atoms with Crippen LogP contribution in [-0.4, -0.2) is 26.8 Å². The van der Waals surface area contributed by atoms with Crippen LogP contribution in [0.2, 0.25) is 0 Å². The molecule has 0 aromatic heterocycles. The number of amides is 2. The number of aryl methyl sites for hydroxylation is 1. The third kappa shape index (κ3) is 2.13. The largest absolute Gasteiger partial charge is 0.497 e. The third-order valence-electron chi connectivity index (χ3n) is 2.90. The average Bonchev–Trinajstić information content (AvgIpc) is 2.74.